The summed E-state index contributed by atoms with van der Waals surface area (Å²) in [5.74, 6) is 0.818. The molecule has 0 aliphatic carbocycles. The van der Waals surface area contributed by atoms with E-state index in [-0.39, 0.29) is 11.8 Å². The van der Waals surface area contributed by atoms with E-state index in [1.165, 1.54) is 0 Å². The van der Waals surface area contributed by atoms with Gasteiger partial charge in [0.2, 0.25) is 5.91 Å². The maximum Gasteiger partial charge on any atom is 0.253 e. The van der Waals surface area contributed by atoms with Crippen molar-refractivity contribution in [3.63, 3.8) is 0 Å². The number of aliphatic hydroxyl groups excluding tert-OH is 1. The molecule has 4 rings (SSSR count). The number of carbonyl (C=O) groups excluding carboxylic acids is 2. The van der Waals surface area contributed by atoms with Gasteiger partial charge < -0.3 is 20.1 Å². The van der Waals surface area contributed by atoms with Crippen LogP contribution < -0.4 is 10.1 Å². The van der Waals surface area contributed by atoms with Gasteiger partial charge in [-0.25, -0.2) is 0 Å². The second kappa shape index (κ2) is 7.45. The highest BCUT2D eigenvalue weighted by molar-refractivity contribution is 6.30. The normalized spacial score (nSPS) is 20.9. The van der Waals surface area contributed by atoms with E-state index in [1.54, 1.807) is 53.4 Å². The molecule has 2 aliphatic rings. The maximum atomic E-state index is 12.9. The zero-order chi connectivity index (χ0) is 19.7. The summed E-state index contributed by atoms with van der Waals surface area (Å²) < 4.78 is 5.81. The minimum Gasteiger partial charge on any atom is -0.457 e. The summed E-state index contributed by atoms with van der Waals surface area (Å²) >= 11 is 5.89. The summed E-state index contributed by atoms with van der Waals surface area (Å²) in [6.07, 6.45) is 0.208. The number of rotatable bonds is 3. The molecule has 1 spiro atoms. The van der Waals surface area contributed by atoms with Crippen LogP contribution in [0.15, 0.2) is 48.5 Å². The molecule has 0 saturated carbocycles. The molecule has 1 unspecified atom stereocenters. The number of nitrogens with zero attached hydrogens (tertiary/aromatic N) is 1. The highest BCUT2D eigenvalue weighted by Gasteiger charge is 2.49. The van der Waals surface area contributed by atoms with Crippen molar-refractivity contribution >= 4 is 23.4 Å². The molecule has 146 valence electrons. The Bertz CT molecular complexity index is 892. The third-order valence-electron chi connectivity index (χ3n) is 5.62. The molecular weight excluding hydrogens is 380 g/mol. The number of nitrogens with one attached hydrogen (secondary N) is 1. The van der Waals surface area contributed by atoms with Crippen LogP contribution in [0.4, 0.5) is 0 Å². The molecule has 2 saturated heterocycles. The Morgan fingerprint density at radius 3 is 2.50 bits per heavy atom. The van der Waals surface area contributed by atoms with E-state index in [9.17, 15) is 14.7 Å². The second-order valence-electron chi connectivity index (χ2n) is 7.36. The van der Waals surface area contributed by atoms with E-state index in [0.717, 1.165) is 0 Å². The van der Waals surface area contributed by atoms with Gasteiger partial charge >= 0.3 is 0 Å². The van der Waals surface area contributed by atoms with Gasteiger partial charge in [-0.1, -0.05) is 17.7 Å². The van der Waals surface area contributed by atoms with Gasteiger partial charge in [-0.15, -0.1) is 0 Å². The van der Waals surface area contributed by atoms with E-state index in [0.29, 0.717) is 54.6 Å². The minimum atomic E-state index is -0.985. The first-order chi connectivity index (χ1) is 13.5. The monoisotopic (exact) mass is 400 g/mol. The van der Waals surface area contributed by atoms with Gasteiger partial charge in [0, 0.05) is 35.6 Å². The summed E-state index contributed by atoms with van der Waals surface area (Å²) in [7, 11) is 0. The number of hydrogen-bond acceptors (Lipinski definition) is 4. The highest BCUT2D eigenvalue weighted by Crippen LogP contribution is 2.38. The lowest BCUT2D eigenvalue weighted by Crippen LogP contribution is -2.48. The molecule has 0 radical (unpaired) electrons. The number of likely N-dealkylation sites (tertiary alicyclic amines) is 1. The summed E-state index contributed by atoms with van der Waals surface area (Å²) in [4.78, 5) is 26.3. The van der Waals surface area contributed by atoms with E-state index < -0.39 is 11.5 Å². The first kappa shape index (κ1) is 18.8. The quantitative estimate of drug-likeness (QED) is 0.830. The average Bonchev–Trinajstić information content (AvgIpc) is 2.99. The molecular formula is C21H21ClN2O4. The average molecular weight is 401 g/mol. The van der Waals surface area contributed by atoms with Crippen LogP contribution in [0.2, 0.25) is 5.02 Å². The number of carbonyl (C=O) groups is 2. The Balaban J connectivity index is 1.43. The second-order valence-corrected chi connectivity index (χ2v) is 7.80. The first-order valence-electron chi connectivity index (χ1n) is 9.25. The zero-order valence-electron chi connectivity index (χ0n) is 15.2. The minimum absolute atomic E-state index is 0.0804. The largest absolute Gasteiger partial charge is 0.457 e. The van der Waals surface area contributed by atoms with Gasteiger partial charge in [-0.3, -0.25) is 9.59 Å². The number of benzene rings is 2. The molecule has 0 bridgehead atoms. The number of hydrogen-bond donors (Lipinski definition) is 2. The highest BCUT2D eigenvalue weighted by atomic mass is 35.5. The Kier molecular flexibility index (Phi) is 5.00. The van der Waals surface area contributed by atoms with E-state index in [2.05, 4.69) is 5.32 Å². The fraction of sp³-hybridized carbons (Fsp3) is 0.333. The van der Waals surface area contributed by atoms with E-state index >= 15 is 0 Å². The number of halogens is 1. The molecule has 2 aliphatic heterocycles. The number of piperidine rings is 1. The molecule has 2 aromatic carbocycles. The van der Waals surface area contributed by atoms with Crippen LogP contribution in [0.5, 0.6) is 11.5 Å². The van der Waals surface area contributed by atoms with Crippen molar-refractivity contribution in [3.05, 3.63) is 59.1 Å². The van der Waals surface area contributed by atoms with Crippen LogP contribution >= 0.6 is 11.6 Å². The topological polar surface area (TPSA) is 78.9 Å². The van der Waals surface area contributed by atoms with Crippen LogP contribution in [-0.4, -0.2) is 47.6 Å². The first-order valence-corrected chi connectivity index (χ1v) is 9.63. The van der Waals surface area contributed by atoms with Gasteiger partial charge in [0.05, 0.1) is 0 Å². The molecule has 0 aromatic heterocycles. The summed E-state index contributed by atoms with van der Waals surface area (Å²) in [6, 6.07) is 14.1. The molecule has 7 heteroatoms. The van der Waals surface area contributed by atoms with E-state index in [1.807, 2.05) is 0 Å². The molecule has 2 heterocycles. The lowest BCUT2D eigenvalue weighted by atomic mass is 9.75. The van der Waals surface area contributed by atoms with Crippen molar-refractivity contribution in [2.45, 2.75) is 18.9 Å². The molecule has 2 amide bonds. The van der Waals surface area contributed by atoms with Crippen molar-refractivity contribution in [3.8, 4) is 11.5 Å². The lowest BCUT2D eigenvalue weighted by Gasteiger charge is -2.39. The summed E-state index contributed by atoms with van der Waals surface area (Å²) in [5, 5.41) is 13.5. The number of aliphatic hydroxyl groups is 1. The molecule has 6 nitrogen and oxygen atoms in total. The van der Waals surface area contributed by atoms with Crippen LogP contribution in [-0.2, 0) is 4.79 Å². The van der Waals surface area contributed by atoms with Crippen molar-refractivity contribution in [2.24, 2.45) is 5.41 Å². The van der Waals surface area contributed by atoms with Crippen LogP contribution in [0.1, 0.15) is 23.2 Å². The third-order valence-corrected chi connectivity index (χ3v) is 5.87. The maximum absolute atomic E-state index is 12.9. The van der Waals surface area contributed by atoms with Crippen LogP contribution in [0.25, 0.3) is 0 Å². The number of amides is 2. The Morgan fingerprint density at radius 1 is 1.14 bits per heavy atom. The zero-order valence-corrected chi connectivity index (χ0v) is 16.0. The summed E-state index contributed by atoms with van der Waals surface area (Å²) in [6.45, 7) is 1.49. The smallest absolute Gasteiger partial charge is 0.253 e. The van der Waals surface area contributed by atoms with Crippen molar-refractivity contribution in [1.29, 1.82) is 0 Å². The van der Waals surface area contributed by atoms with Gasteiger partial charge in [-0.2, -0.15) is 0 Å². The fourth-order valence-electron chi connectivity index (χ4n) is 3.85. The van der Waals surface area contributed by atoms with E-state index in [4.69, 9.17) is 16.3 Å². The fourth-order valence-corrected chi connectivity index (χ4v) is 3.98. The van der Waals surface area contributed by atoms with Gasteiger partial charge in [0.15, 0.2) is 0 Å². The molecule has 2 aromatic rings. The SMILES string of the molecule is O=C1NCC2(CCN(C(=O)c3cccc(Oc4ccc(Cl)cc4)c3)CC2)C1O. The number of ether oxygens (including phenoxy) is 1. The molecule has 2 fully saturated rings. The third kappa shape index (κ3) is 3.57. The van der Waals surface area contributed by atoms with Crippen molar-refractivity contribution in [1.82, 2.24) is 10.2 Å². The van der Waals surface area contributed by atoms with Crippen LogP contribution in [0, 0.1) is 5.41 Å². The Hall–Kier alpha value is -2.57. The van der Waals surface area contributed by atoms with Crippen LogP contribution in [0.3, 0.4) is 0 Å². The van der Waals surface area contributed by atoms with Gasteiger partial charge in [-0.05, 0) is 55.3 Å². The molecule has 2 N–H and O–H groups in total. The van der Waals surface area contributed by atoms with Gasteiger partial charge in [0.25, 0.3) is 5.91 Å². The lowest BCUT2D eigenvalue weighted by molar-refractivity contribution is -0.130. The molecule has 28 heavy (non-hydrogen) atoms. The molecule has 1 atom stereocenters. The summed E-state index contributed by atoms with van der Waals surface area (Å²) in [5.41, 5.74) is 0.0940. The Morgan fingerprint density at radius 2 is 1.86 bits per heavy atom. The van der Waals surface area contributed by atoms with Crippen molar-refractivity contribution in [2.75, 3.05) is 19.6 Å². The Labute approximate surface area is 168 Å². The van der Waals surface area contributed by atoms with Crippen molar-refractivity contribution < 1.29 is 19.4 Å². The predicted molar refractivity (Wildman–Crippen MR) is 105 cm³/mol. The van der Waals surface area contributed by atoms with Gasteiger partial charge in [0.1, 0.15) is 17.6 Å². The predicted octanol–water partition coefficient (Wildman–Crippen LogP) is 2.85. The standard InChI is InChI=1S/C21H21ClN2O4/c22-15-4-6-16(7-5-15)28-17-3-1-2-14(12-17)20(27)24-10-8-21(9-11-24)13-23-19(26)18(21)25/h1-7,12,18,25H,8-11,13H2,(H,23,26).